The lowest BCUT2D eigenvalue weighted by Crippen LogP contribution is -2.26. The first-order valence-corrected chi connectivity index (χ1v) is 4.92. The van der Waals surface area contributed by atoms with Gasteiger partial charge in [0.1, 0.15) is 5.69 Å². The van der Waals surface area contributed by atoms with E-state index in [1.165, 1.54) is 11.1 Å². The number of aromatic nitrogens is 4. The smallest absolute Gasteiger partial charge is 0.272 e. The third-order valence-electron chi connectivity index (χ3n) is 2.30. The Kier molecular flexibility index (Phi) is 2.77. The number of nitrogens with two attached hydrogens (primary N) is 1. The SMILES string of the molecule is Cc1nn(C)c(C(=O)NCc2ncon2)c1N. The van der Waals surface area contributed by atoms with Crippen molar-refractivity contribution in [3.8, 4) is 0 Å². The summed E-state index contributed by atoms with van der Waals surface area (Å²) >= 11 is 0. The molecule has 0 aliphatic heterocycles. The van der Waals surface area contributed by atoms with E-state index in [2.05, 4.69) is 25.1 Å². The van der Waals surface area contributed by atoms with Crippen LogP contribution in [0.1, 0.15) is 22.0 Å². The summed E-state index contributed by atoms with van der Waals surface area (Å²) in [7, 11) is 1.66. The second-order valence-corrected chi connectivity index (χ2v) is 3.50. The van der Waals surface area contributed by atoms with Crippen molar-refractivity contribution in [1.82, 2.24) is 25.2 Å². The number of nitrogen functional groups attached to an aromatic ring is 1. The summed E-state index contributed by atoms with van der Waals surface area (Å²) in [4.78, 5) is 15.6. The first-order chi connectivity index (χ1) is 8.09. The van der Waals surface area contributed by atoms with Crippen LogP contribution in [0.3, 0.4) is 0 Å². The van der Waals surface area contributed by atoms with E-state index in [-0.39, 0.29) is 12.5 Å². The van der Waals surface area contributed by atoms with Crippen molar-refractivity contribution < 1.29 is 9.32 Å². The van der Waals surface area contributed by atoms with E-state index in [1.807, 2.05) is 0 Å². The van der Waals surface area contributed by atoms with Crippen molar-refractivity contribution >= 4 is 11.6 Å². The molecule has 0 aliphatic carbocycles. The number of amides is 1. The molecule has 3 N–H and O–H groups in total. The molecule has 2 rings (SSSR count). The summed E-state index contributed by atoms with van der Waals surface area (Å²) in [5, 5.41) is 10.3. The molecule has 0 atom stereocenters. The molecule has 90 valence electrons. The number of aryl methyl sites for hydroxylation is 2. The second-order valence-electron chi connectivity index (χ2n) is 3.50. The van der Waals surface area contributed by atoms with Crippen LogP contribution in [0.5, 0.6) is 0 Å². The minimum absolute atomic E-state index is 0.180. The van der Waals surface area contributed by atoms with Gasteiger partial charge in [-0.25, -0.2) is 0 Å². The maximum absolute atomic E-state index is 11.9. The van der Waals surface area contributed by atoms with Gasteiger partial charge in [0.15, 0.2) is 5.82 Å². The number of nitrogens with zero attached hydrogens (tertiary/aromatic N) is 4. The molecule has 2 aromatic rings. The van der Waals surface area contributed by atoms with Crippen LogP contribution in [0.2, 0.25) is 0 Å². The van der Waals surface area contributed by atoms with E-state index in [0.717, 1.165) is 0 Å². The van der Waals surface area contributed by atoms with Gasteiger partial charge in [-0.05, 0) is 6.92 Å². The van der Waals surface area contributed by atoms with Gasteiger partial charge in [-0.3, -0.25) is 9.48 Å². The Morgan fingerprint density at radius 2 is 2.41 bits per heavy atom. The third-order valence-corrected chi connectivity index (χ3v) is 2.30. The predicted octanol–water partition coefficient (Wildman–Crippen LogP) is -0.376. The summed E-state index contributed by atoms with van der Waals surface area (Å²) in [5.74, 6) is 0.0752. The van der Waals surface area contributed by atoms with Crippen LogP contribution < -0.4 is 11.1 Å². The lowest BCUT2D eigenvalue weighted by Gasteiger charge is -2.03. The maximum Gasteiger partial charge on any atom is 0.272 e. The monoisotopic (exact) mass is 236 g/mol. The number of hydrogen-bond donors (Lipinski definition) is 2. The van der Waals surface area contributed by atoms with E-state index in [0.29, 0.717) is 22.9 Å². The Balaban J connectivity index is 2.10. The van der Waals surface area contributed by atoms with Crippen molar-refractivity contribution in [2.24, 2.45) is 7.05 Å². The van der Waals surface area contributed by atoms with Crippen molar-refractivity contribution in [3.05, 3.63) is 23.6 Å². The molecule has 0 radical (unpaired) electrons. The van der Waals surface area contributed by atoms with Crippen molar-refractivity contribution in [1.29, 1.82) is 0 Å². The molecule has 2 heterocycles. The molecule has 8 nitrogen and oxygen atoms in total. The number of anilines is 1. The number of hydrogen-bond acceptors (Lipinski definition) is 6. The largest absolute Gasteiger partial charge is 0.395 e. The molecule has 0 fully saturated rings. The van der Waals surface area contributed by atoms with Crippen LogP contribution >= 0.6 is 0 Å². The third kappa shape index (κ3) is 2.10. The van der Waals surface area contributed by atoms with Crippen molar-refractivity contribution in [2.75, 3.05) is 5.73 Å². The lowest BCUT2D eigenvalue weighted by molar-refractivity contribution is 0.0941. The van der Waals surface area contributed by atoms with Crippen molar-refractivity contribution in [3.63, 3.8) is 0 Å². The van der Waals surface area contributed by atoms with Crippen LogP contribution in [-0.4, -0.2) is 25.8 Å². The number of rotatable bonds is 3. The zero-order valence-corrected chi connectivity index (χ0v) is 9.47. The Bertz CT molecular complexity index is 530. The first-order valence-electron chi connectivity index (χ1n) is 4.92. The van der Waals surface area contributed by atoms with Crippen LogP contribution in [0.4, 0.5) is 5.69 Å². The van der Waals surface area contributed by atoms with Gasteiger partial charge in [0, 0.05) is 7.05 Å². The number of carbonyl (C=O) groups is 1. The van der Waals surface area contributed by atoms with Crippen molar-refractivity contribution in [2.45, 2.75) is 13.5 Å². The normalized spacial score (nSPS) is 10.5. The second kappa shape index (κ2) is 4.24. The molecular weight excluding hydrogens is 224 g/mol. The average Bonchev–Trinajstić information content (AvgIpc) is 2.86. The molecule has 0 spiro atoms. The fourth-order valence-electron chi connectivity index (χ4n) is 1.46. The molecule has 0 saturated carbocycles. The molecule has 1 amide bonds. The van der Waals surface area contributed by atoms with Crippen LogP contribution in [0.15, 0.2) is 10.9 Å². The molecule has 17 heavy (non-hydrogen) atoms. The summed E-state index contributed by atoms with van der Waals surface area (Å²) in [6, 6.07) is 0. The summed E-state index contributed by atoms with van der Waals surface area (Å²) in [6.45, 7) is 1.92. The van der Waals surface area contributed by atoms with Crippen LogP contribution in [0.25, 0.3) is 0 Å². The molecular formula is C9H12N6O2. The van der Waals surface area contributed by atoms with Gasteiger partial charge in [0.2, 0.25) is 6.39 Å². The van der Waals surface area contributed by atoms with E-state index in [4.69, 9.17) is 5.73 Å². The molecule has 8 heteroatoms. The lowest BCUT2D eigenvalue weighted by atomic mass is 10.3. The zero-order chi connectivity index (χ0) is 12.4. The molecule has 0 aromatic carbocycles. The van der Waals surface area contributed by atoms with Gasteiger partial charge < -0.3 is 15.6 Å². The van der Waals surface area contributed by atoms with Gasteiger partial charge in [0.05, 0.1) is 17.9 Å². The minimum atomic E-state index is -0.324. The zero-order valence-electron chi connectivity index (χ0n) is 9.47. The van der Waals surface area contributed by atoms with E-state index in [9.17, 15) is 4.79 Å². The van der Waals surface area contributed by atoms with Gasteiger partial charge in [-0.2, -0.15) is 10.1 Å². The maximum atomic E-state index is 11.9. The molecule has 2 aromatic heterocycles. The fraction of sp³-hybridized carbons (Fsp3) is 0.333. The van der Waals surface area contributed by atoms with Crippen LogP contribution in [-0.2, 0) is 13.6 Å². The molecule has 0 saturated heterocycles. The van der Waals surface area contributed by atoms with Gasteiger partial charge in [-0.15, -0.1) is 0 Å². The highest BCUT2D eigenvalue weighted by molar-refractivity contribution is 5.97. The Labute approximate surface area is 96.8 Å². The molecule has 0 aliphatic rings. The highest BCUT2D eigenvalue weighted by atomic mass is 16.5. The van der Waals surface area contributed by atoms with Gasteiger partial charge >= 0.3 is 0 Å². The summed E-state index contributed by atoms with van der Waals surface area (Å²) in [6.07, 6.45) is 1.20. The van der Waals surface area contributed by atoms with E-state index in [1.54, 1.807) is 14.0 Å². The molecule has 0 unspecified atom stereocenters. The Morgan fingerprint density at radius 1 is 1.65 bits per heavy atom. The van der Waals surface area contributed by atoms with Gasteiger partial charge in [0.25, 0.3) is 5.91 Å². The van der Waals surface area contributed by atoms with Crippen LogP contribution in [0, 0.1) is 6.92 Å². The minimum Gasteiger partial charge on any atom is -0.395 e. The first kappa shape index (κ1) is 11.1. The average molecular weight is 236 g/mol. The van der Waals surface area contributed by atoms with E-state index < -0.39 is 0 Å². The summed E-state index contributed by atoms with van der Waals surface area (Å²) < 4.78 is 5.99. The number of nitrogens with one attached hydrogen (secondary N) is 1. The highest BCUT2D eigenvalue weighted by Gasteiger charge is 2.17. The standard InChI is InChI=1S/C9H12N6O2/c1-5-7(10)8(15(2)13-5)9(16)11-3-6-12-4-17-14-6/h4H,3,10H2,1-2H3,(H,11,16). The Morgan fingerprint density at radius 3 is 2.94 bits per heavy atom. The fourth-order valence-corrected chi connectivity index (χ4v) is 1.46. The number of carbonyl (C=O) groups excluding carboxylic acids is 1. The Hall–Kier alpha value is -2.38. The summed E-state index contributed by atoms with van der Waals surface area (Å²) in [5.41, 5.74) is 7.08. The predicted molar refractivity (Wildman–Crippen MR) is 57.8 cm³/mol. The van der Waals surface area contributed by atoms with E-state index >= 15 is 0 Å². The highest BCUT2D eigenvalue weighted by Crippen LogP contribution is 2.14. The molecule has 0 bridgehead atoms. The van der Waals surface area contributed by atoms with Gasteiger partial charge in [-0.1, -0.05) is 5.16 Å². The topological polar surface area (TPSA) is 112 Å². The quantitative estimate of drug-likeness (QED) is 0.751.